The van der Waals surface area contributed by atoms with Gasteiger partial charge in [-0.3, -0.25) is 14.3 Å². The zero-order chi connectivity index (χ0) is 16.7. The molecule has 118 valence electrons. The zero-order valence-electron chi connectivity index (χ0n) is 13.3. The van der Waals surface area contributed by atoms with Gasteiger partial charge in [0, 0.05) is 21.1 Å². The monoisotopic (exact) mass is 312 g/mol. The van der Waals surface area contributed by atoms with Gasteiger partial charge in [0.05, 0.1) is 23.1 Å². The lowest BCUT2D eigenvalue weighted by atomic mass is 10.1. The van der Waals surface area contributed by atoms with Crippen molar-refractivity contribution in [2.45, 2.75) is 6.92 Å². The third-order valence-electron chi connectivity index (χ3n) is 3.45. The van der Waals surface area contributed by atoms with Gasteiger partial charge >= 0.3 is 5.69 Å². The summed E-state index contributed by atoms with van der Waals surface area (Å²) >= 11 is 0. The van der Waals surface area contributed by atoms with Gasteiger partial charge in [-0.2, -0.15) is 0 Å². The number of aromatic amines is 1. The molecule has 0 spiro atoms. The topological polar surface area (TPSA) is 96.2 Å². The molecule has 8 nitrogen and oxygen atoms in total. The van der Waals surface area contributed by atoms with Crippen molar-refractivity contribution in [1.82, 2.24) is 24.4 Å². The first-order valence-electron chi connectivity index (χ1n) is 6.99. The Balaban J connectivity index is 2.32. The minimum atomic E-state index is -0.519. The number of nitrogens with zero attached hydrogens (tertiary/aromatic N) is 5. The van der Waals surface area contributed by atoms with Gasteiger partial charge in [-0.25, -0.2) is 19.8 Å². The molecule has 0 amide bonds. The van der Waals surface area contributed by atoms with Gasteiger partial charge < -0.3 is 4.90 Å². The molecule has 0 saturated carbocycles. The average Bonchev–Trinajstić information content (AvgIpc) is 2.49. The number of aromatic nitrogens is 4. The second kappa shape index (κ2) is 5.31. The van der Waals surface area contributed by atoms with Crippen LogP contribution in [0.1, 0.15) is 5.56 Å². The number of benzene rings is 1. The lowest BCUT2D eigenvalue weighted by Gasteiger charge is -2.07. The number of H-pyrrole nitrogens is 1. The molecule has 1 N–H and O–H groups in total. The zero-order valence-corrected chi connectivity index (χ0v) is 13.3. The molecule has 0 aliphatic heterocycles. The summed E-state index contributed by atoms with van der Waals surface area (Å²) in [6.45, 7) is 1.92. The number of aryl methyl sites for hydroxylation is 1. The molecule has 0 atom stereocenters. The van der Waals surface area contributed by atoms with E-state index in [-0.39, 0.29) is 11.2 Å². The maximum atomic E-state index is 12.1. The van der Waals surface area contributed by atoms with Crippen molar-refractivity contribution in [3.8, 4) is 0 Å². The van der Waals surface area contributed by atoms with E-state index in [1.54, 1.807) is 12.4 Å². The molecule has 1 aromatic carbocycles. The van der Waals surface area contributed by atoms with Crippen molar-refractivity contribution in [3.63, 3.8) is 0 Å². The molecule has 2 aromatic heterocycles. The lowest BCUT2D eigenvalue weighted by molar-refractivity contribution is 0.643. The standard InChI is InChI=1S/C15H16N6O2/c1-8-5-10-11(6-9(8)16-7-20(2)3)18-13-12(17-10)14(22)21(4)15(23)19-13/h5-7H,1-4H3,(H,18,19,23). The van der Waals surface area contributed by atoms with E-state index < -0.39 is 11.2 Å². The van der Waals surface area contributed by atoms with Gasteiger partial charge in [0.1, 0.15) is 0 Å². The maximum Gasteiger partial charge on any atom is 0.329 e. The Morgan fingerprint density at radius 2 is 1.91 bits per heavy atom. The molecule has 0 radical (unpaired) electrons. The van der Waals surface area contributed by atoms with E-state index >= 15 is 0 Å². The van der Waals surface area contributed by atoms with Crippen molar-refractivity contribution < 1.29 is 0 Å². The van der Waals surface area contributed by atoms with Gasteiger partial charge in [-0.15, -0.1) is 0 Å². The fourth-order valence-corrected chi connectivity index (χ4v) is 2.19. The van der Waals surface area contributed by atoms with Crippen LogP contribution in [0.25, 0.3) is 22.2 Å². The first-order valence-corrected chi connectivity index (χ1v) is 6.99. The Kier molecular flexibility index (Phi) is 3.44. The van der Waals surface area contributed by atoms with E-state index in [0.29, 0.717) is 11.0 Å². The quantitative estimate of drug-likeness (QED) is 0.427. The first kappa shape index (κ1) is 14.9. The Morgan fingerprint density at radius 1 is 1.22 bits per heavy atom. The van der Waals surface area contributed by atoms with E-state index in [9.17, 15) is 9.59 Å². The maximum absolute atomic E-state index is 12.1. The summed E-state index contributed by atoms with van der Waals surface area (Å²) in [5.41, 5.74) is 2.16. The molecule has 23 heavy (non-hydrogen) atoms. The van der Waals surface area contributed by atoms with Crippen molar-refractivity contribution in [3.05, 3.63) is 38.5 Å². The second-order valence-electron chi connectivity index (χ2n) is 5.55. The average molecular weight is 312 g/mol. The molecule has 0 fully saturated rings. The van der Waals surface area contributed by atoms with E-state index in [1.165, 1.54) is 7.05 Å². The smallest absolute Gasteiger partial charge is 0.329 e. The third-order valence-corrected chi connectivity index (χ3v) is 3.45. The fraction of sp³-hybridized carbons (Fsp3) is 0.267. The molecular weight excluding hydrogens is 296 g/mol. The van der Waals surface area contributed by atoms with E-state index in [4.69, 9.17) is 0 Å². The molecule has 0 saturated heterocycles. The summed E-state index contributed by atoms with van der Waals surface area (Å²) in [6.07, 6.45) is 1.69. The van der Waals surface area contributed by atoms with E-state index in [2.05, 4.69) is 19.9 Å². The predicted octanol–water partition coefficient (Wildman–Crippen LogP) is 0.700. The molecular formula is C15H16N6O2. The normalized spacial score (nSPS) is 11.7. The van der Waals surface area contributed by atoms with Crippen LogP contribution in [0.4, 0.5) is 5.69 Å². The summed E-state index contributed by atoms with van der Waals surface area (Å²) in [5.74, 6) is 0. The molecule has 0 aliphatic carbocycles. The van der Waals surface area contributed by atoms with Crippen LogP contribution in [-0.2, 0) is 7.05 Å². The van der Waals surface area contributed by atoms with Gasteiger partial charge in [0.15, 0.2) is 11.2 Å². The van der Waals surface area contributed by atoms with Gasteiger partial charge in [-0.1, -0.05) is 0 Å². The van der Waals surface area contributed by atoms with E-state index in [1.807, 2.05) is 32.0 Å². The summed E-state index contributed by atoms with van der Waals surface area (Å²) < 4.78 is 0.978. The van der Waals surface area contributed by atoms with Crippen molar-refractivity contribution in [2.75, 3.05) is 14.1 Å². The number of nitrogens with one attached hydrogen (secondary N) is 1. The van der Waals surface area contributed by atoms with Crippen LogP contribution in [0.3, 0.4) is 0 Å². The highest BCUT2D eigenvalue weighted by Gasteiger charge is 2.10. The SMILES string of the molecule is Cc1cc2nc3c(=O)n(C)c(=O)[nH]c3nc2cc1N=CN(C)C. The van der Waals surface area contributed by atoms with Crippen LogP contribution in [0, 0.1) is 6.92 Å². The molecule has 0 aliphatic rings. The van der Waals surface area contributed by atoms with Crippen LogP contribution in [0.2, 0.25) is 0 Å². The Hall–Kier alpha value is -3.03. The van der Waals surface area contributed by atoms with Crippen molar-refractivity contribution in [2.24, 2.45) is 12.0 Å². The Bertz CT molecular complexity index is 1060. The Morgan fingerprint density at radius 3 is 2.61 bits per heavy atom. The molecule has 8 heteroatoms. The summed E-state index contributed by atoms with van der Waals surface area (Å²) in [5, 5.41) is 0. The molecule has 0 bridgehead atoms. The molecule has 3 aromatic rings. The predicted molar refractivity (Wildman–Crippen MR) is 89.5 cm³/mol. The van der Waals surface area contributed by atoms with Gasteiger partial charge in [-0.05, 0) is 24.6 Å². The lowest BCUT2D eigenvalue weighted by Crippen LogP contribution is -2.33. The number of rotatable bonds is 2. The summed E-state index contributed by atoms with van der Waals surface area (Å²) in [6, 6.07) is 3.61. The molecule has 2 heterocycles. The first-order chi connectivity index (χ1) is 10.9. The third kappa shape index (κ3) is 2.59. The van der Waals surface area contributed by atoms with Crippen molar-refractivity contribution >= 4 is 34.2 Å². The number of hydrogen-bond donors (Lipinski definition) is 1. The number of hydrogen-bond acceptors (Lipinski definition) is 5. The van der Waals surface area contributed by atoms with E-state index in [0.717, 1.165) is 15.8 Å². The van der Waals surface area contributed by atoms with Crippen molar-refractivity contribution in [1.29, 1.82) is 0 Å². The second-order valence-corrected chi connectivity index (χ2v) is 5.55. The minimum absolute atomic E-state index is 0.142. The van der Waals surface area contributed by atoms with Gasteiger partial charge in [0.2, 0.25) is 0 Å². The van der Waals surface area contributed by atoms with Crippen LogP contribution in [0.15, 0.2) is 26.7 Å². The highest BCUT2D eigenvalue weighted by molar-refractivity contribution is 5.87. The largest absolute Gasteiger partial charge is 0.369 e. The molecule has 3 rings (SSSR count). The molecule has 0 unspecified atom stereocenters. The fourth-order valence-electron chi connectivity index (χ4n) is 2.19. The van der Waals surface area contributed by atoms with Crippen LogP contribution in [-0.4, -0.2) is 44.9 Å². The van der Waals surface area contributed by atoms with Crippen LogP contribution < -0.4 is 11.2 Å². The minimum Gasteiger partial charge on any atom is -0.369 e. The van der Waals surface area contributed by atoms with Crippen LogP contribution >= 0.6 is 0 Å². The van der Waals surface area contributed by atoms with Crippen LogP contribution in [0.5, 0.6) is 0 Å². The van der Waals surface area contributed by atoms with Gasteiger partial charge in [0.25, 0.3) is 5.56 Å². The highest BCUT2D eigenvalue weighted by Crippen LogP contribution is 2.24. The number of aliphatic imine (C=N–C) groups is 1. The Labute approximate surface area is 131 Å². The number of fused-ring (bicyclic) bond motifs is 2. The summed E-state index contributed by atoms with van der Waals surface area (Å²) in [7, 11) is 5.16. The summed E-state index contributed by atoms with van der Waals surface area (Å²) in [4.78, 5) is 41.3. The highest BCUT2D eigenvalue weighted by atomic mass is 16.2.